The monoisotopic (exact) mass is 258 g/mol. The topological polar surface area (TPSA) is 59.8 Å². The van der Waals surface area contributed by atoms with Crippen LogP contribution in [0.25, 0.3) is 0 Å². The van der Waals surface area contributed by atoms with Gasteiger partial charge in [0.15, 0.2) is 5.69 Å². The summed E-state index contributed by atoms with van der Waals surface area (Å²) in [5.74, 6) is -0.173. The van der Waals surface area contributed by atoms with Crippen molar-refractivity contribution in [2.24, 2.45) is 7.05 Å². The molecule has 0 fully saturated rings. The molecule has 0 aliphatic heterocycles. The Balaban J connectivity index is 1.81. The second-order valence-corrected chi connectivity index (χ2v) is 4.68. The van der Waals surface area contributed by atoms with Crippen LogP contribution < -0.4 is 5.32 Å². The minimum atomic E-state index is -0.173. The largest absolute Gasteiger partial charge is 0.348 e. The standard InChI is InChI=1S/C14H18N4O/c1-11(8-9-12-6-4-3-5-7-12)15-14(19)13-10-18(2)17-16-13/h3-7,10-11H,8-9H2,1-2H3,(H,15,19). The lowest BCUT2D eigenvalue weighted by Crippen LogP contribution is -2.33. The van der Waals surface area contributed by atoms with Crippen molar-refractivity contribution in [3.8, 4) is 0 Å². The molecule has 1 unspecified atom stereocenters. The Bertz CT molecular complexity index is 535. The molecular weight excluding hydrogens is 240 g/mol. The van der Waals surface area contributed by atoms with Gasteiger partial charge in [0, 0.05) is 13.1 Å². The number of hydrogen-bond donors (Lipinski definition) is 1. The van der Waals surface area contributed by atoms with E-state index in [1.165, 1.54) is 10.2 Å². The van der Waals surface area contributed by atoms with Gasteiger partial charge < -0.3 is 5.32 Å². The Morgan fingerprint density at radius 1 is 1.37 bits per heavy atom. The lowest BCUT2D eigenvalue weighted by atomic mass is 10.1. The van der Waals surface area contributed by atoms with Crippen LogP contribution in [0.4, 0.5) is 0 Å². The van der Waals surface area contributed by atoms with Gasteiger partial charge in [0.25, 0.3) is 5.91 Å². The first-order chi connectivity index (χ1) is 9.15. The van der Waals surface area contributed by atoms with Crippen molar-refractivity contribution in [3.05, 3.63) is 47.8 Å². The second-order valence-electron chi connectivity index (χ2n) is 4.68. The molecule has 2 aromatic rings. The van der Waals surface area contributed by atoms with Crippen molar-refractivity contribution < 1.29 is 4.79 Å². The molecular formula is C14H18N4O. The van der Waals surface area contributed by atoms with Crippen molar-refractivity contribution in [2.75, 3.05) is 0 Å². The second kappa shape index (κ2) is 6.13. The van der Waals surface area contributed by atoms with Crippen LogP contribution in [0.2, 0.25) is 0 Å². The van der Waals surface area contributed by atoms with Crippen molar-refractivity contribution in [2.45, 2.75) is 25.8 Å². The fourth-order valence-electron chi connectivity index (χ4n) is 1.85. The van der Waals surface area contributed by atoms with Crippen LogP contribution in [0.5, 0.6) is 0 Å². The molecule has 1 aromatic heterocycles. The third-order valence-corrected chi connectivity index (χ3v) is 2.92. The minimum Gasteiger partial charge on any atom is -0.348 e. The van der Waals surface area contributed by atoms with E-state index >= 15 is 0 Å². The highest BCUT2D eigenvalue weighted by Gasteiger charge is 2.12. The van der Waals surface area contributed by atoms with Crippen molar-refractivity contribution >= 4 is 5.91 Å². The molecule has 2 rings (SSSR count). The van der Waals surface area contributed by atoms with Crippen LogP contribution >= 0.6 is 0 Å². The van der Waals surface area contributed by atoms with Crippen molar-refractivity contribution in [3.63, 3.8) is 0 Å². The summed E-state index contributed by atoms with van der Waals surface area (Å²) in [7, 11) is 1.74. The molecule has 1 amide bonds. The van der Waals surface area contributed by atoms with E-state index in [2.05, 4.69) is 27.8 Å². The zero-order valence-corrected chi connectivity index (χ0v) is 11.2. The molecule has 0 spiro atoms. The molecule has 0 saturated carbocycles. The van der Waals surface area contributed by atoms with Crippen LogP contribution in [-0.2, 0) is 13.5 Å². The van der Waals surface area contributed by atoms with Gasteiger partial charge in [0.05, 0.1) is 6.20 Å². The van der Waals surface area contributed by atoms with Crippen LogP contribution in [0, 0.1) is 0 Å². The van der Waals surface area contributed by atoms with Gasteiger partial charge in [-0.05, 0) is 25.3 Å². The van der Waals surface area contributed by atoms with Gasteiger partial charge in [-0.25, -0.2) is 0 Å². The predicted octanol–water partition coefficient (Wildman–Crippen LogP) is 1.57. The van der Waals surface area contributed by atoms with Crippen LogP contribution in [0.3, 0.4) is 0 Å². The summed E-state index contributed by atoms with van der Waals surface area (Å²) in [6, 6.07) is 10.3. The fourth-order valence-corrected chi connectivity index (χ4v) is 1.85. The van der Waals surface area contributed by atoms with Gasteiger partial charge in [-0.1, -0.05) is 35.5 Å². The molecule has 0 saturated heterocycles. The van der Waals surface area contributed by atoms with Gasteiger partial charge in [0.2, 0.25) is 0 Å². The predicted molar refractivity (Wildman–Crippen MR) is 72.7 cm³/mol. The number of aryl methyl sites for hydroxylation is 2. The van der Waals surface area contributed by atoms with Crippen molar-refractivity contribution in [1.29, 1.82) is 0 Å². The average molecular weight is 258 g/mol. The van der Waals surface area contributed by atoms with Gasteiger partial charge in [0.1, 0.15) is 0 Å². The van der Waals surface area contributed by atoms with E-state index in [1.807, 2.05) is 25.1 Å². The molecule has 0 aliphatic carbocycles. The fraction of sp³-hybridized carbons (Fsp3) is 0.357. The molecule has 1 heterocycles. The van der Waals surface area contributed by atoms with Gasteiger partial charge in [-0.3, -0.25) is 9.48 Å². The summed E-state index contributed by atoms with van der Waals surface area (Å²) in [5.41, 5.74) is 1.64. The minimum absolute atomic E-state index is 0.106. The Kier molecular flexibility index (Phi) is 4.28. The number of carbonyl (C=O) groups excluding carboxylic acids is 1. The Hall–Kier alpha value is -2.17. The van der Waals surface area contributed by atoms with Crippen LogP contribution in [0.1, 0.15) is 29.4 Å². The SMILES string of the molecule is CC(CCc1ccccc1)NC(=O)c1cn(C)nn1. The Morgan fingerprint density at radius 2 is 2.11 bits per heavy atom. The number of aromatic nitrogens is 3. The number of carbonyl (C=O) groups is 1. The highest BCUT2D eigenvalue weighted by molar-refractivity contribution is 5.92. The summed E-state index contributed by atoms with van der Waals surface area (Å²) >= 11 is 0. The summed E-state index contributed by atoms with van der Waals surface area (Å²) in [6.07, 6.45) is 3.46. The lowest BCUT2D eigenvalue weighted by Gasteiger charge is -2.12. The molecule has 1 atom stereocenters. The van der Waals surface area contributed by atoms with Crippen LogP contribution in [0.15, 0.2) is 36.5 Å². The summed E-state index contributed by atoms with van der Waals surface area (Å²) in [4.78, 5) is 11.9. The quantitative estimate of drug-likeness (QED) is 0.885. The van der Waals surface area contributed by atoms with Gasteiger partial charge >= 0.3 is 0 Å². The average Bonchev–Trinajstić information content (AvgIpc) is 2.84. The summed E-state index contributed by atoms with van der Waals surface area (Å²) in [5, 5.41) is 10.5. The molecule has 5 nitrogen and oxygen atoms in total. The number of nitrogens with one attached hydrogen (secondary N) is 1. The van der Waals surface area contributed by atoms with Gasteiger partial charge in [-0.2, -0.15) is 0 Å². The number of rotatable bonds is 5. The van der Waals surface area contributed by atoms with E-state index in [4.69, 9.17) is 0 Å². The summed E-state index contributed by atoms with van der Waals surface area (Å²) in [6.45, 7) is 2.00. The third kappa shape index (κ3) is 3.91. The smallest absolute Gasteiger partial charge is 0.273 e. The highest BCUT2D eigenvalue weighted by atomic mass is 16.2. The normalized spacial score (nSPS) is 12.1. The molecule has 0 bridgehead atoms. The summed E-state index contributed by atoms with van der Waals surface area (Å²) < 4.78 is 1.52. The first-order valence-corrected chi connectivity index (χ1v) is 6.36. The molecule has 5 heteroatoms. The van der Waals surface area contributed by atoms with E-state index in [0.717, 1.165) is 12.8 Å². The van der Waals surface area contributed by atoms with E-state index in [-0.39, 0.29) is 11.9 Å². The number of amides is 1. The maximum absolute atomic E-state index is 11.9. The molecule has 0 radical (unpaired) electrons. The van der Waals surface area contributed by atoms with Gasteiger partial charge in [-0.15, -0.1) is 5.10 Å². The third-order valence-electron chi connectivity index (χ3n) is 2.92. The Labute approximate surface area is 112 Å². The van der Waals surface area contributed by atoms with Crippen LogP contribution in [-0.4, -0.2) is 26.9 Å². The lowest BCUT2D eigenvalue weighted by molar-refractivity contribution is 0.0933. The zero-order chi connectivity index (χ0) is 13.7. The molecule has 1 N–H and O–H groups in total. The Morgan fingerprint density at radius 3 is 2.74 bits per heavy atom. The van der Waals surface area contributed by atoms with E-state index in [1.54, 1.807) is 13.2 Å². The number of benzene rings is 1. The number of hydrogen-bond acceptors (Lipinski definition) is 3. The van der Waals surface area contributed by atoms with E-state index in [9.17, 15) is 4.79 Å². The first kappa shape index (κ1) is 13.3. The van der Waals surface area contributed by atoms with E-state index < -0.39 is 0 Å². The molecule has 1 aromatic carbocycles. The maximum Gasteiger partial charge on any atom is 0.273 e. The van der Waals surface area contributed by atoms with E-state index in [0.29, 0.717) is 5.69 Å². The number of nitrogens with zero attached hydrogens (tertiary/aromatic N) is 3. The zero-order valence-electron chi connectivity index (χ0n) is 11.2. The molecule has 19 heavy (non-hydrogen) atoms. The first-order valence-electron chi connectivity index (χ1n) is 6.36. The molecule has 100 valence electrons. The molecule has 0 aliphatic rings. The highest BCUT2D eigenvalue weighted by Crippen LogP contribution is 2.05. The maximum atomic E-state index is 11.9. The van der Waals surface area contributed by atoms with Crippen molar-refractivity contribution in [1.82, 2.24) is 20.3 Å².